The maximum Gasteiger partial charge on any atom is 0.254 e. The Morgan fingerprint density at radius 2 is 2.26 bits per heavy atom. The van der Waals surface area contributed by atoms with E-state index in [-0.39, 0.29) is 18.2 Å². The van der Waals surface area contributed by atoms with Crippen molar-refractivity contribution in [1.82, 2.24) is 4.90 Å². The highest BCUT2D eigenvalue weighted by atomic mass is 19.1. The van der Waals surface area contributed by atoms with Gasteiger partial charge in [-0.2, -0.15) is 0 Å². The summed E-state index contributed by atoms with van der Waals surface area (Å²) in [6.45, 7) is 1.44. The van der Waals surface area contributed by atoms with Crippen molar-refractivity contribution < 1.29 is 14.3 Å². The second-order valence-electron chi connectivity index (χ2n) is 5.04. The van der Waals surface area contributed by atoms with Crippen LogP contribution in [0.4, 0.5) is 10.1 Å². The fourth-order valence-electron chi connectivity index (χ4n) is 2.59. The molecule has 1 atom stereocenters. The van der Waals surface area contributed by atoms with Crippen LogP contribution in [0.15, 0.2) is 18.2 Å². The number of nitrogens with two attached hydrogens (primary N) is 1. The van der Waals surface area contributed by atoms with Gasteiger partial charge in [0.1, 0.15) is 5.82 Å². The Balaban J connectivity index is 2.10. The van der Waals surface area contributed by atoms with Crippen LogP contribution in [0, 0.1) is 11.7 Å². The first kappa shape index (κ1) is 13.8. The van der Waals surface area contributed by atoms with Gasteiger partial charge in [0, 0.05) is 30.9 Å². The Kier molecular flexibility index (Phi) is 4.37. The summed E-state index contributed by atoms with van der Waals surface area (Å²) in [5, 5.41) is 8.96. The first-order valence-electron chi connectivity index (χ1n) is 6.56. The highest BCUT2D eigenvalue weighted by Gasteiger charge is 2.24. The minimum absolute atomic E-state index is 0.139. The van der Waals surface area contributed by atoms with E-state index in [4.69, 9.17) is 10.8 Å². The minimum atomic E-state index is -0.493. The standard InChI is InChI=1S/C14H19FN2O2/c15-12-6-11(7-13(16)8-12)14(19)17-4-1-2-10(9-17)3-5-18/h6-8,10,18H,1-5,9,16H2. The van der Waals surface area contributed by atoms with Crippen molar-refractivity contribution in [2.24, 2.45) is 5.92 Å². The van der Waals surface area contributed by atoms with Crippen molar-refractivity contribution in [1.29, 1.82) is 0 Å². The second-order valence-corrected chi connectivity index (χ2v) is 5.04. The molecule has 0 saturated carbocycles. The average Bonchev–Trinajstić information content (AvgIpc) is 2.37. The predicted octanol–water partition coefficient (Wildman–Crippen LogP) is 1.64. The molecule has 0 aromatic heterocycles. The number of anilines is 1. The zero-order chi connectivity index (χ0) is 13.8. The third-order valence-corrected chi connectivity index (χ3v) is 3.51. The molecule has 1 unspecified atom stereocenters. The van der Waals surface area contributed by atoms with Crippen LogP contribution in [0.5, 0.6) is 0 Å². The van der Waals surface area contributed by atoms with E-state index in [0.717, 1.165) is 12.8 Å². The number of aliphatic hydroxyl groups is 1. The van der Waals surface area contributed by atoms with Crippen LogP contribution >= 0.6 is 0 Å². The SMILES string of the molecule is Nc1cc(F)cc(C(=O)N2CCCC(CCO)C2)c1. The van der Waals surface area contributed by atoms with E-state index in [0.29, 0.717) is 31.0 Å². The number of carbonyl (C=O) groups is 1. The molecular weight excluding hydrogens is 247 g/mol. The Labute approximate surface area is 112 Å². The van der Waals surface area contributed by atoms with Gasteiger partial charge in [-0.3, -0.25) is 4.79 Å². The van der Waals surface area contributed by atoms with Crippen molar-refractivity contribution in [2.45, 2.75) is 19.3 Å². The zero-order valence-electron chi connectivity index (χ0n) is 10.8. The first-order valence-corrected chi connectivity index (χ1v) is 6.56. The number of rotatable bonds is 3. The third-order valence-electron chi connectivity index (χ3n) is 3.51. The molecule has 0 spiro atoms. The summed E-state index contributed by atoms with van der Waals surface area (Å²) in [7, 11) is 0. The van der Waals surface area contributed by atoms with E-state index in [2.05, 4.69) is 0 Å². The van der Waals surface area contributed by atoms with Crippen LogP contribution in [0.25, 0.3) is 0 Å². The number of hydrogen-bond donors (Lipinski definition) is 2. The number of aliphatic hydroxyl groups excluding tert-OH is 1. The lowest BCUT2D eigenvalue weighted by atomic mass is 9.94. The molecule has 19 heavy (non-hydrogen) atoms. The van der Waals surface area contributed by atoms with Crippen LogP contribution < -0.4 is 5.73 Å². The maximum absolute atomic E-state index is 13.3. The average molecular weight is 266 g/mol. The van der Waals surface area contributed by atoms with Gasteiger partial charge in [0.25, 0.3) is 5.91 Å². The summed E-state index contributed by atoms with van der Waals surface area (Å²) < 4.78 is 13.3. The van der Waals surface area contributed by atoms with Crippen molar-refractivity contribution in [3.05, 3.63) is 29.6 Å². The van der Waals surface area contributed by atoms with Gasteiger partial charge < -0.3 is 15.7 Å². The third kappa shape index (κ3) is 3.44. The molecule has 1 fully saturated rings. The van der Waals surface area contributed by atoms with E-state index >= 15 is 0 Å². The summed E-state index contributed by atoms with van der Waals surface area (Å²) >= 11 is 0. The molecular formula is C14H19FN2O2. The lowest BCUT2D eigenvalue weighted by molar-refractivity contribution is 0.0653. The molecule has 1 aromatic carbocycles. The minimum Gasteiger partial charge on any atom is -0.399 e. The molecule has 0 radical (unpaired) electrons. The number of nitrogen functional groups attached to an aromatic ring is 1. The zero-order valence-corrected chi connectivity index (χ0v) is 10.8. The van der Waals surface area contributed by atoms with Gasteiger partial charge in [-0.05, 0) is 43.4 Å². The van der Waals surface area contributed by atoms with Gasteiger partial charge in [0.2, 0.25) is 0 Å². The molecule has 1 aliphatic heterocycles. The Hall–Kier alpha value is -1.62. The van der Waals surface area contributed by atoms with Gasteiger partial charge in [0.05, 0.1) is 0 Å². The number of hydrogen-bond acceptors (Lipinski definition) is 3. The fourth-order valence-corrected chi connectivity index (χ4v) is 2.59. The van der Waals surface area contributed by atoms with Crippen molar-refractivity contribution in [3.63, 3.8) is 0 Å². The van der Waals surface area contributed by atoms with Crippen LogP contribution in [0.3, 0.4) is 0 Å². The van der Waals surface area contributed by atoms with E-state index in [9.17, 15) is 9.18 Å². The molecule has 1 saturated heterocycles. The predicted molar refractivity (Wildman–Crippen MR) is 71.1 cm³/mol. The lowest BCUT2D eigenvalue weighted by Crippen LogP contribution is -2.40. The summed E-state index contributed by atoms with van der Waals surface area (Å²) in [5.74, 6) is -0.352. The number of carbonyl (C=O) groups excluding carboxylic acids is 1. The Morgan fingerprint density at radius 1 is 1.47 bits per heavy atom. The largest absolute Gasteiger partial charge is 0.399 e. The number of amides is 1. The normalized spacial score (nSPS) is 19.5. The molecule has 1 amide bonds. The van der Waals surface area contributed by atoms with Crippen LogP contribution in [-0.2, 0) is 0 Å². The van der Waals surface area contributed by atoms with Crippen LogP contribution in [0.2, 0.25) is 0 Å². The van der Waals surface area contributed by atoms with Gasteiger partial charge in [0.15, 0.2) is 0 Å². The highest BCUT2D eigenvalue weighted by molar-refractivity contribution is 5.95. The number of likely N-dealkylation sites (tertiary alicyclic amines) is 1. The van der Waals surface area contributed by atoms with Crippen molar-refractivity contribution in [2.75, 3.05) is 25.4 Å². The first-order chi connectivity index (χ1) is 9.10. The van der Waals surface area contributed by atoms with Crippen molar-refractivity contribution in [3.8, 4) is 0 Å². The second kappa shape index (κ2) is 6.02. The molecule has 1 heterocycles. The number of nitrogens with zero attached hydrogens (tertiary/aromatic N) is 1. The smallest absolute Gasteiger partial charge is 0.254 e. The van der Waals surface area contributed by atoms with Gasteiger partial charge >= 0.3 is 0 Å². The van der Waals surface area contributed by atoms with Gasteiger partial charge in [-0.15, -0.1) is 0 Å². The Morgan fingerprint density at radius 3 is 2.95 bits per heavy atom. The molecule has 4 nitrogen and oxygen atoms in total. The molecule has 0 aliphatic carbocycles. The van der Waals surface area contributed by atoms with Gasteiger partial charge in [-0.1, -0.05) is 0 Å². The fraction of sp³-hybridized carbons (Fsp3) is 0.500. The lowest BCUT2D eigenvalue weighted by Gasteiger charge is -2.32. The summed E-state index contributed by atoms with van der Waals surface area (Å²) in [4.78, 5) is 14.0. The molecule has 0 bridgehead atoms. The summed E-state index contributed by atoms with van der Waals surface area (Å²) in [6, 6.07) is 3.91. The van der Waals surface area contributed by atoms with E-state index < -0.39 is 5.82 Å². The monoisotopic (exact) mass is 266 g/mol. The van der Waals surface area contributed by atoms with Crippen LogP contribution in [0.1, 0.15) is 29.6 Å². The van der Waals surface area contributed by atoms with Gasteiger partial charge in [-0.25, -0.2) is 4.39 Å². The summed E-state index contributed by atoms with van der Waals surface area (Å²) in [6.07, 6.45) is 2.64. The highest BCUT2D eigenvalue weighted by Crippen LogP contribution is 2.22. The molecule has 2 rings (SSSR count). The topological polar surface area (TPSA) is 66.6 Å². The van der Waals surface area contributed by atoms with Crippen molar-refractivity contribution >= 4 is 11.6 Å². The maximum atomic E-state index is 13.3. The molecule has 1 aliphatic rings. The van der Waals surface area contributed by atoms with E-state index in [1.807, 2.05) is 0 Å². The quantitative estimate of drug-likeness (QED) is 0.817. The molecule has 1 aromatic rings. The number of halogens is 1. The Bertz CT molecular complexity index is 443. The number of piperidine rings is 1. The molecule has 104 valence electrons. The van der Waals surface area contributed by atoms with E-state index in [1.54, 1.807) is 4.90 Å². The number of benzene rings is 1. The van der Waals surface area contributed by atoms with Crippen LogP contribution in [-0.4, -0.2) is 35.6 Å². The summed E-state index contributed by atoms with van der Waals surface area (Å²) in [5.41, 5.74) is 6.11. The molecule has 3 N–H and O–H groups in total. The molecule has 5 heteroatoms. The van der Waals surface area contributed by atoms with E-state index in [1.165, 1.54) is 18.2 Å².